The summed E-state index contributed by atoms with van der Waals surface area (Å²) >= 11 is 6.39. The molecule has 2 heterocycles. The first kappa shape index (κ1) is 26.6. The Hall–Kier alpha value is -4.28. The second-order valence-electron chi connectivity index (χ2n) is 12.0. The van der Waals surface area contributed by atoms with Crippen LogP contribution in [0.3, 0.4) is 0 Å². The van der Waals surface area contributed by atoms with Gasteiger partial charge in [0.2, 0.25) is 0 Å². The predicted molar refractivity (Wildman–Crippen MR) is 167 cm³/mol. The van der Waals surface area contributed by atoms with E-state index < -0.39 is 23.4 Å². The highest BCUT2D eigenvalue weighted by molar-refractivity contribution is 6.32. The lowest BCUT2D eigenvalue weighted by molar-refractivity contribution is 0.0666. The van der Waals surface area contributed by atoms with Crippen LogP contribution in [-0.4, -0.2) is 29.4 Å². The molecule has 2 aliphatic heterocycles. The summed E-state index contributed by atoms with van der Waals surface area (Å²) in [5.74, 6) is -0.986. The van der Waals surface area contributed by atoms with Gasteiger partial charge in [-0.3, -0.25) is 14.4 Å². The average Bonchev–Trinajstić information content (AvgIpc) is 3.43. The number of benzene rings is 4. The van der Waals surface area contributed by atoms with E-state index in [9.17, 15) is 14.4 Å². The van der Waals surface area contributed by atoms with Gasteiger partial charge in [-0.25, -0.2) is 0 Å². The minimum absolute atomic E-state index is 0.123. The zero-order valence-corrected chi connectivity index (χ0v) is 24.4. The summed E-state index contributed by atoms with van der Waals surface area (Å²) in [6, 6.07) is 26.8. The van der Waals surface area contributed by atoms with E-state index >= 15 is 0 Å². The maximum Gasteiger partial charge on any atom is 0.185 e. The fourth-order valence-electron chi connectivity index (χ4n) is 7.30. The number of aryl methyl sites for hydroxylation is 1. The van der Waals surface area contributed by atoms with Crippen LogP contribution in [0.2, 0.25) is 5.02 Å². The van der Waals surface area contributed by atoms with Crippen molar-refractivity contribution in [1.29, 1.82) is 0 Å². The lowest BCUT2D eigenvalue weighted by atomic mass is 9.64. The topological polar surface area (TPSA) is 54.5 Å². The van der Waals surface area contributed by atoms with E-state index in [2.05, 4.69) is 26.0 Å². The molecule has 1 spiro atoms. The van der Waals surface area contributed by atoms with Crippen molar-refractivity contribution in [2.24, 2.45) is 5.41 Å². The van der Waals surface area contributed by atoms with Gasteiger partial charge in [-0.1, -0.05) is 116 Å². The highest BCUT2D eigenvalue weighted by Crippen LogP contribution is 2.61. The van der Waals surface area contributed by atoms with Gasteiger partial charge < -0.3 is 4.90 Å². The van der Waals surface area contributed by atoms with Gasteiger partial charge in [-0.2, -0.15) is 0 Å². The molecule has 0 unspecified atom stereocenters. The number of halogens is 1. The van der Waals surface area contributed by atoms with E-state index in [1.54, 1.807) is 30.3 Å². The maximum absolute atomic E-state index is 14.8. The molecule has 5 heteroatoms. The Morgan fingerprint density at radius 2 is 1.50 bits per heavy atom. The van der Waals surface area contributed by atoms with Crippen LogP contribution >= 0.6 is 11.6 Å². The molecule has 4 aromatic carbocycles. The number of carbonyl (C=O) groups is 3. The maximum atomic E-state index is 14.8. The van der Waals surface area contributed by atoms with Gasteiger partial charge in [-0.15, -0.1) is 0 Å². The molecule has 1 fully saturated rings. The summed E-state index contributed by atoms with van der Waals surface area (Å²) in [5.41, 5.74) is 4.51. The molecule has 0 aromatic heterocycles. The van der Waals surface area contributed by atoms with E-state index in [0.717, 1.165) is 27.9 Å². The summed E-state index contributed by atoms with van der Waals surface area (Å²) < 4.78 is 0. The number of carbonyl (C=O) groups excluding carboxylic acids is 3. The third kappa shape index (κ3) is 3.64. The van der Waals surface area contributed by atoms with Crippen molar-refractivity contribution in [2.75, 3.05) is 4.90 Å². The molecule has 42 heavy (non-hydrogen) atoms. The van der Waals surface area contributed by atoms with E-state index in [-0.39, 0.29) is 17.3 Å². The summed E-state index contributed by atoms with van der Waals surface area (Å²) in [4.78, 5) is 46.3. The summed E-state index contributed by atoms with van der Waals surface area (Å²) in [6.07, 6.45) is 3.86. The Kier molecular flexibility index (Phi) is 6.11. The molecular formula is C37H30ClNO3. The van der Waals surface area contributed by atoms with Crippen molar-refractivity contribution in [3.63, 3.8) is 0 Å². The van der Waals surface area contributed by atoms with Gasteiger partial charge in [0.25, 0.3) is 0 Å². The van der Waals surface area contributed by atoms with Gasteiger partial charge in [0.05, 0.1) is 6.04 Å². The molecule has 0 saturated carbocycles. The first-order valence-corrected chi connectivity index (χ1v) is 14.8. The van der Waals surface area contributed by atoms with E-state index in [4.69, 9.17) is 11.6 Å². The number of anilines is 1. The van der Waals surface area contributed by atoms with Gasteiger partial charge in [0, 0.05) is 33.3 Å². The molecule has 0 radical (unpaired) electrons. The molecule has 1 saturated heterocycles. The Morgan fingerprint density at radius 3 is 2.12 bits per heavy atom. The summed E-state index contributed by atoms with van der Waals surface area (Å²) in [5, 5.41) is 0.577. The number of Topliss-reactive ketones (excluding diaryl/α,β-unsaturated/α-hetero) is 3. The van der Waals surface area contributed by atoms with Crippen LogP contribution in [0.1, 0.15) is 79.0 Å². The molecule has 7 rings (SSSR count). The van der Waals surface area contributed by atoms with Crippen LogP contribution in [0.5, 0.6) is 0 Å². The van der Waals surface area contributed by atoms with E-state index in [0.29, 0.717) is 27.6 Å². The standard InChI is InChI=1S/C37H30ClNO3/c1-21(2)23-12-14-24(15-13-23)32-33(34(40)25-10-8-22(3)9-11-25)39-30-18-17-27(38)20-26(30)16-19-31(39)37(32)35(41)28-6-4-5-7-29(28)36(37)42/h4-21,31-33H,1-3H3/t31-,32-,33-/m0/s1. The van der Waals surface area contributed by atoms with Crippen molar-refractivity contribution in [3.8, 4) is 0 Å². The molecule has 208 valence electrons. The second-order valence-corrected chi connectivity index (χ2v) is 12.4. The van der Waals surface area contributed by atoms with Crippen molar-refractivity contribution in [1.82, 2.24) is 0 Å². The fourth-order valence-corrected chi connectivity index (χ4v) is 7.48. The SMILES string of the molecule is Cc1ccc(C(=O)[C@@H]2[C@H](c3ccc(C(C)C)cc3)C3(C(=O)c4ccccc4C3=O)[C@@H]3C=Cc4cc(Cl)ccc4N23)cc1. The van der Waals surface area contributed by atoms with Crippen LogP contribution in [-0.2, 0) is 0 Å². The predicted octanol–water partition coefficient (Wildman–Crippen LogP) is 8.09. The van der Waals surface area contributed by atoms with Crippen LogP contribution < -0.4 is 4.90 Å². The molecule has 3 atom stereocenters. The second kappa shape index (κ2) is 9.64. The zero-order valence-electron chi connectivity index (χ0n) is 23.7. The average molecular weight is 572 g/mol. The zero-order chi connectivity index (χ0) is 29.3. The molecule has 0 N–H and O–H groups in total. The third-order valence-electron chi connectivity index (χ3n) is 9.33. The summed E-state index contributed by atoms with van der Waals surface area (Å²) in [7, 11) is 0. The molecule has 1 aliphatic carbocycles. The number of nitrogens with zero attached hydrogens (tertiary/aromatic N) is 1. The summed E-state index contributed by atoms with van der Waals surface area (Å²) in [6.45, 7) is 6.24. The molecular weight excluding hydrogens is 542 g/mol. The first-order chi connectivity index (χ1) is 20.2. The van der Waals surface area contributed by atoms with Crippen molar-refractivity contribution in [3.05, 3.63) is 141 Å². The van der Waals surface area contributed by atoms with Crippen molar-refractivity contribution >= 4 is 40.7 Å². The monoisotopic (exact) mass is 571 g/mol. The number of hydrogen-bond donors (Lipinski definition) is 0. The van der Waals surface area contributed by atoms with E-state index in [1.165, 1.54) is 0 Å². The van der Waals surface area contributed by atoms with Crippen LogP contribution in [0.15, 0.2) is 97.1 Å². The first-order valence-electron chi connectivity index (χ1n) is 14.4. The Labute approximate surface area is 250 Å². The van der Waals surface area contributed by atoms with Gasteiger partial charge in [0.15, 0.2) is 17.3 Å². The van der Waals surface area contributed by atoms with Crippen LogP contribution in [0.4, 0.5) is 5.69 Å². The largest absolute Gasteiger partial charge is 0.352 e. The van der Waals surface area contributed by atoms with Crippen LogP contribution in [0.25, 0.3) is 6.08 Å². The molecule has 0 bridgehead atoms. The van der Waals surface area contributed by atoms with Crippen LogP contribution in [0, 0.1) is 12.3 Å². The Bertz CT molecular complexity index is 1770. The van der Waals surface area contributed by atoms with Gasteiger partial charge in [0.1, 0.15) is 11.5 Å². The minimum atomic E-state index is -1.51. The van der Waals surface area contributed by atoms with Gasteiger partial charge >= 0.3 is 0 Å². The molecule has 4 aromatic rings. The lowest BCUT2D eigenvalue weighted by Crippen LogP contribution is -2.48. The molecule has 0 amide bonds. The number of rotatable bonds is 4. The number of hydrogen-bond acceptors (Lipinski definition) is 4. The van der Waals surface area contributed by atoms with Crippen molar-refractivity contribution < 1.29 is 14.4 Å². The van der Waals surface area contributed by atoms with Gasteiger partial charge in [-0.05, 0) is 47.7 Å². The number of ketones is 3. The smallest absolute Gasteiger partial charge is 0.185 e. The Balaban J connectivity index is 1.53. The number of fused-ring (bicyclic) bond motifs is 5. The quantitative estimate of drug-likeness (QED) is 0.183. The molecule has 4 nitrogen and oxygen atoms in total. The molecule has 3 aliphatic rings. The Morgan fingerprint density at radius 1 is 0.857 bits per heavy atom. The minimum Gasteiger partial charge on any atom is -0.352 e. The normalized spacial score (nSPS) is 21.5. The van der Waals surface area contributed by atoms with Crippen molar-refractivity contribution in [2.45, 2.75) is 44.7 Å². The third-order valence-corrected chi connectivity index (χ3v) is 9.57. The van der Waals surface area contributed by atoms with E-state index in [1.807, 2.05) is 72.5 Å². The highest BCUT2D eigenvalue weighted by atomic mass is 35.5. The highest BCUT2D eigenvalue weighted by Gasteiger charge is 2.71. The lowest BCUT2D eigenvalue weighted by Gasteiger charge is -2.37. The fraction of sp³-hybridized carbons (Fsp3) is 0.216.